The summed E-state index contributed by atoms with van der Waals surface area (Å²) < 4.78 is 11.6. The third-order valence-electron chi connectivity index (χ3n) is 5.78. The maximum absolute atomic E-state index is 13.4. The molecule has 6 nitrogen and oxygen atoms in total. The molecule has 3 aromatic rings. The quantitative estimate of drug-likeness (QED) is 0.600. The van der Waals surface area contributed by atoms with Crippen molar-refractivity contribution in [3.63, 3.8) is 0 Å². The highest BCUT2D eigenvalue weighted by Gasteiger charge is 2.31. The van der Waals surface area contributed by atoms with Gasteiger partial charge in [-0.05, 0) is 60.2 Å². The van der Waals surface area contributed by atoms with Gasteiger partial charge in [0.25, 0.3) is 11.8 Å². The van der Waals surface area contributed by atoms with Crippen molar-refractivity contribution >= 4 is 28.8 Å². The number of hydrogen-bond donors (Lipinski definition) is 1. The number of likely N-dealkylation sites (tertiary alicyclic amines) is 1. The van der Waals surface area contributed by atoms with Gasteiger partial charge < -0.3 is 19.7 Å². The van der Waals surface area contributed by atoms with Crippen LogP contribution in [0.5, 0.6) is 11.5 Å². The van der Waals surface area contributed by atoms with Crippen LogP contribution >= 0.6 is 11.3 Å². The van der Waals surface area contributed by atoms with Gasteiger partial charge in [-0.25, -0.2) is 0 Å². The summed E-state index contributed by atoms with van der Waals surface area (Å²) in [6.07, 6.45) is 2.71. The molecular formula is C25H24N2O4S. The van der Waals surface area contributed by atoms with Crippen molar-refractivity contribution in [2.75, 3.05) is 25.1 Å². The van der Waals surface area contributed by atoms with Crippen LogP contribution in [-0.2, 0) is 0 Å². The number of thiophene rings is 1. The fourth-order valence-corrected chi connectivity index (χ4v) is 4.86. The molecule has 2 aromatic carbocycles. The van der Waals surface area contributed by atoms with E-state index in [0.29, 0.717) is 35.9 Å². The highest BCUT2D eigenvalue weighted by Crippen LogP contribution is 2.38. The Bertz CT molecular complexity index is 1130. The summed E-state index contributed by atoms with van der Waals surface area (Å²) in [5, 5.41) is 4.75. The molecule has 7 heteroatoms. The summed E-state index contributed by atoms with van der Waals surface area (Å²) in [7, 11) is 0. The second-order valence-corrected chi connectivity index (χ2v) is 8.87. The third kappa shape index (κ3) is 4.21. The van der Waals surface area contributed by atoms with E-state index in [1.165, 1.54) is 11.3 Å². The monoisotopic (exact) mass is 448 g/mol. The number of carbonyl (C=O) groups is 2. The van der Waals surface area contributed by atoms with Gasteiger partial charge in [-0.15, -0.1) is 11.3 Å². The Balaban J connectivity index is 1.35. The highest BCUT2D eigenvalue weighted by atomic mass is 32.1. The lowest BCUT2D eigenvalue weighted by atomic mass is 10.0. The summed E-state index contributed by atoms with van der Waals surface area (Å²) >= 11 is 1.38. The standard InChI is InChI=1S/C25H24N2O4S/c28-24(23-8-3-14-32-23)26-19-6-1-5-18(15-19)25(29)27-11-2-7-20(27)17-9-10-21-22(16-17)31-13-4-12-30-21/h1,3,5-6,8-10,14-16,20H,2,4,7,11-13H2,(H,26,28)/t20-/m1/s1. The normalized spacial score (nSPS) is 17.6. The molecule has 2 aliphatic rings. The van der Waals surface area contributed by atoms with E-state index in [9.17, 15) is 9.59 Å². The van der Waals surface area contributed by atoms with Crippen LogP contribution in [0.1, 0.15) is 50.9 Å². The number of amides is 2. The Hall–Kier alpha value is -3.32. The number of rotatable bonds is 4. The highest BCUT2D eigenvalue weighted by molar-refractivity contribution is 7.12. The van der Waals surface area contributed by atoms with Gasteiger partial charge >= 0.3 is 0 Å². The van der Waals surface area contributed by atoms with E-state index < -0.39 is 0 Å². The molecule has 0 aliphatic carbocycles. The minimum absolute atomic E-state index is 0.0102. The average molecular weight is 449 g/mol. The molecule has 1 fully saturated rings. The number of fused-ring (bicyclic) bond motifs is 1. The molecule has 0 bridgehead atoms. The first-order valence-corrected chi connectivity index (χ1v) is 11.7. The molecule has 2 aliphatic heterocycles. The summed E-state index contributed by atoms with van der Waals surface area (Å²) in [4.78, 5) is 28.3. The second-order valence-electron chi connectivity index (χ2n) is 7.93. The first-order chi connectivity index (χ1) is 15.7. The number of anilines is 1. The molecule has 5 rings (SSSR count). The average Bonchev–Trinajstić information content (AvgIpc) is 3.47. The Morgan fingerprint density at radius 1 is 0.969 bits per heavy atom. The Kier molecular flexibility index (Phi) is 5.81. The van der Waals surface area contributed by atoms with Crippen molar-refractivity contribution in [2.24, 2.45) is 0 Å². The molecular weight excluding hydrogens is 424 g/mol. The van der Waals surface area contributed by atoms with Gasteiger partial charge in [0.2, 0.25) is 0 Å². The molecule has 1 aromatic heterocycles. The maximum atomic E-state index is 13.4. The van der Waals surface area contributed by atoms with Gasteiger partial charge in [0, 0.05) is 24.2 Å². The second kappa shape index (κ2) is 9.04. The van der Waals surface area contributed by atoms with Gasteiger partial charge in [0.1, 0.15) is 0 Å². The molecule has 32 heavy (non-hydrogen) atoms. The van der Waals surface area contributed by atoms with Crippen LogP contribution in [0.3, 0.4) is 0 Å². The number of hydrogen-bond acceptors (Lipinski definition) is 5. The smallest absolute Gasteiger partial charge is 0.265 e. The molecule has 1 atom stereocenters. The van der Waals surface area contributed by atoms with E-state index in [4.69, 9.17) is 9.47 Å². The first kappa shape index (κ1) is 20.6. The van der Waals surface area contributed by atoms with Gasteiger partial charge in [0.05, 0.1) is 24.1 Å². The van der Waals surface area contributed by atoms with Crippen molar-refractivity contribution < 1.29 is 19.1 Å². The molecule has 0 unspecified atom stereocenters. The van der Waals surface area contributed by atoms with E-state index in [1.807, 2.05) is 34.5 Å². The van der Waals surface area contributed by atoms with Gasteiger partial charge in [0.15, 0.2) is 11.5 Å². The number of carbonyl (C=O) groups excluding carboxylic acids is 2. The lowest BCUT2D eigenvalue weighted by molar-refractivity contribution is 0.0735. The van der Waals surface area contributed by atoms with Crippen molar-refractivity contribution in [3.05, 3.63) is 76.0 Å². The third-order valence-corrected chi connectivity index (χ3v) is 6.65. The van der Waals surface area contributed by atoms with Crippen LogP contribution in [0.2, 0.25) is 0 Å². The molecule has 164 valence electrons. The van der Waals surface area contributed by atoms with Crippen LogP contribution < -0.4 is 14.8 Å². The number of benzene rings is 2. The zero-order chi connectivity index (χ0) is 21.9. The minimum atomic E-state index is -0.171. The summed E-state index contributed by atoms with van der Waals surface area (Å²) in [6.45, 7) is 1.98. The van der Waals surface area contributed by atoms with Crippen molar-refractivity contribution in [1.82, 2.24) is 4.90 Å². The predicted octanol–water partition coefficient (Wildman–Crippen LogP) is 5.14. The Labute approximate surface area is 190 Å². The van der Waals surface area contributed by atoms with Crippen LogP contribution in [0.4, 0.5) is 5.69 Å². The van der Waals surface area contributed by atoms with Crippen molar-refractivity contribution in [3.8, 4) is 11.5 Å². The molecule has 3 heterocycles. The van der Waals surface area contributed by atoms with Crippen LogP contribution in [0.15, 0.2) is 60.0 Å². The largest absolute Gasteiger partial charge is 0.490 e. The molecule has 0 saturated carbocycles. The van der Waals surface area contributed by atoms with Crippen LogP contribution in [0.25, 0.3) is 0 Å². The minimum Gasteiger partial charge on any atom is -0.490 e. The lowest BCUT2D eigenvalue weighted by Crippen LogP contribution is -2.30. The van der Waals surface area contributed by atoms with E-state index in [2.05, 4.69) is 5.32 Å². The molecule has 2 amide bonds. The molecule has 1 N–H and O–H groups in total. The van der Waals surface area contributed by atoms with E-state index in [0.717, 1.165) is 36.3 Å². The fraction of sp³-hybridized carbons (Fsp3) is 0.280. The van der Waals surface area contributed by atoms with Crippen LogP contribution in [-0.4, -0.2) is 36.5 Å². The van der Waals surface area contributed by atoms with E-state index in [1.54, 1.807) is 30.3 Å². The maximum Gasteiger partial charge on any atom is 0.265 e. The molecule has 1 saturated heterocycles. The summed E-state index contributed by atoms with van der Waals surface area (Å²) in [5.41, 5.74) is 2.23. The van der Waals surface area contributed by atoms with Crippen molar-refractivity contribution in [1.29, 1.82) is 0 Å². The van der Waals surface area contributed by atoms with Crippen LogP contribution in [0, 0.1) is 0 Å². The van der Waals surface area contributed by atoms with Gasteiger partial charge in [-0.2, -0.15) is 0 Å². The molecule has 0 radical (unpaired) electrons. The van der Waals surface area contributed by atoms with E-state index >= 15 is 0 Å². The first-order valence-electron chi connectivity index (χ1n) is 10.8. The Morgan fingerprint density at radius 2 is 1.84 bits per heavy atom. The number of nitrogens with one attached hydrogen (secondary N) is 1. The summed E-state index contributed by atoms with van der Waals surface area (Å²) in [6, 6.07) is 16.7. The predicted molar refractivity (Wildman–Crippen MR) is 124 cm³/mol. The fourth-order valence-electron chi connectivity index (χ4n) is 4.24. The van der Waals surface area contributed by atoms with E-state index in [-0.39, 0.29) is 17.9 Å². The van der Waals surface area contributed by atoms with Gasteiger partial charge in [-0.3, -0.25) is 9.59 Å². The summed E-state index contributed by atoms with van der Waals surface area (Å²) in [5.74, 6) is 1.30. The number of ether oxygens (including phenoxy) is 2. The molecule has 0 spiro atoms. The SMILES string of the molecule is O=C(Nc1cccc(C(=O)N2CCC[C@@H]2c2ccc3c(c2)OCCCO3)c1)c1cccs1. The zero-order valence-corrected chi connectivity index (χ0v) is 18.4. The lowest BCUT2D eigenvalue weighted by Gasteiger charge is -2.26. The van der Waals surface area contributed by atoms with Crippen molar-refractivity contribution in [2.45, 2.75) is 25.3 Å². The topological polar surface area (TPSA) is 67.9 Å². The van der Waals surface area contributed by atoms with Gasteiger partial charge in [-0.1, -0.05) is 18.2 Å². The zero-order valence-electron chi connectivity index (χ0n) is 17.6. The Morgan fingerprint density at radius 3 is 2.69 bits per heavy atom. The number of nitrogens with zero attached hydrogens (tertiary/aromatic N) is 1.